The minimum atomic E-state index is 0.0284. The van der Waals surface area contributed by atoms with Gasteiger partial charge >= 0.3 is 0 Å². The van der Waals surface area contributed by atoms with Crippen LogP contribution in [-0.2, 0) is 5.41 Å². The SMILES string of the molecule is CN(c1ccccc1C(C)(C)C)c1cccc2c1oc1c(C#N)cccc12. The zero-order chi connectivity index (χ0) is 19.2. The summed E-state index contributed by atoms with van der Waals surface area (Å²) in [6.45, 7) is 6.67. The third-order valence-electron chi connectivity index (χ3n) is 5.06. The number of hydrogen-bond donors (Lipinski definition) is 0. The summed E-state index contributed by atoms with van der Waals surface area (Å²) in [4.78, 5) is 2.18. The van der Waals surface area contributed by atoms with Crippen LogP contribution in [0.25, 0.3) is 21.9 Å². The van der Waals surface area contributed by atoms with E-state index in [0.29, 0.717) is 11.1 Å². The second-order valence-electron chi connectivity index (χ2n) is 7.88. The zero-order valence-corrected chi connectivity index (χ0v) is 16.1. The van der Waals surface area contributed by atoms with Crippen molar-refractivity contribution in [3.8, 4) is 6.07 Å². The van der Waals surface area contributed by atoms with Gasteiger partial charge in [0, 0.05) is 23.5 Å². The molecule has 4 rings (SSSR count). The summed E-state index contributed by atoms with van der Waals surface area (Å²) >= 11 is 0. The van der Waals surface area contributed by atoms with Gasteiger partial charge in [-0.3, -0.25) is 0 Å². The summed E-state index contributed by atoms with van der Waals surface area (Å²) in [5, 5.41) is 11.4. The van der Waals surface area contributed by atoms with E-state index in [4.69, 9.17) is 4.42 Å². The van der Waals surface area contributed by atoms with E-state index in [9.17, 15) is 5.26 Å². The quantitative estimate of drug-likeness (QED) is 0.411. The maximum absolute atomic E-state index is 9.42. The van der Waals surface area contributed by atoms with Crippen LogP contribution in [0.5, 0.6) is 0 Å². The van der Waals surface area contributed by atoms with Gasteiger partial charge in [-0.25, -0.2) is 0 Å². The van der Waals surface area contributed by atoms with Gasteiger partial charge in [0.15, 0.2) is 11.2 Å². The molecule has 0 radical (unpaired) electrons. The Kier molecular flexibility index (Phi) is 3.93. The normalized spacial score (nSPS) is 11.7. The van der Waals surface area contributed by atoms with Crippen molar-refractivity contribution in [3.05, 3.63) is 71.8 Å². The number of hydrogen-bond acceptors (Lipinski definition) is 3. The predicted octanol–water partition coefficient (Wildman–Crippen LogP) is 6.52. The predicted molar refractivity (Wildman–Crippen MR) is 112 cm³/mol. The lowest BCUT2D eigenvalue weighted by atomic mass is 9.85. The first-order valence-corrected chi connectivity index (χ1v) is 9.09. The number of fused-ring (bicyclic) bond motifs is 3. The Morgan fingerprint density at radius 1 is 0.815 bits per heavy atom. The van der Waals surface area contributed by atoms with E-state index in [-0.39, 0.29) is 5.41 Å². The van der Waals surface area contributed by atoms with Crippen LogP contribution in [0.2, 0.25) is 0 Å². The number of nitrogens with zero attached hydrogens (tertiary/aromatic N) is 2. The Morgan fingerprint density at radius 3 is 2.15 bits per heavy atom. The largest absolute Gasteiger partial charge is 0.452 e. The van der Waals surface area contributed by atoms with Crippen molar-refractivity contribution < 1.29 is 4.42 Å². The molecule has 3 aromatic carbocycles. The fourth-order valence-electron chi connectivity index (χ4n) is 3.69. The van der Waals surface area contributed by atoms with Crippen LogP contribution >= 0.6 is 0 Å². The maximum Gasteiger partial charge on any atom is 0.159 e. The monoisotopic (exact) mass is 354 g/mol. The average Bonchev–Trinajstić information content (AvgIpc) is 3.05. The van der Waals surface area contributed by atoms with Gasteiger partial charge in [0.2, 0.25) is 0 Å². The number of furan rings is 1. The van der Waals surface area contributed by atoms with Crippen molar-refractivity contribution in [1.29, 1.82) is 5.26 Å². The van der Waals surface area contributed by atoms with Crippen molar-refractivity contribution in [1.82, 2.24) is 0 Å². The summed E-state index contributed by atoms with van der Waals surface area (Å²) < 4.78 is 6.21. The lowest BCUT2D eigenvalue weighted by Crippen LogP contribution is -2.19. The van der Waals surface area contributed by atoms with Gasteiger partial charge in [-0.2, -0.15) is 5.26 Å². The van der Waals surface area contributed by atoms with E-state index in [1.54, 1.807) is 6.07 Å². The zero-order valence-electron chi connectivity index (χ0n) is 16.1. The molecule has 0 aliphatic heterocycles. The molecule has 1 aromatic heterocycles. The van der Waals surface area contributed by atoms with Gasteiger partial charge in [0.05, 0.1) is 11.3 Å². The van der Waals surface area contributed by atoms with E-state index >= 15 is 0 Å². The minimum absolute atomic E-state index is 0.0284. The van der Waals surface area contributed by atoms with Crippen molar-refractivity contribution in [2.45, 2.75) is 26.2 Å². The van der Waals surface area contributed by atoms with Gasteiger partial charge in [-0.15, -0.1) is 0 Å². The van der Waals surface area contributed by atoms with Crippen molar-refractivity contribution in [3.63, 3.8) is 0 Å². The van der Waals surface area contributed by atoms with Gasteiger partial charge in [0.25, 0.3) is 0 Å². The molecule has 0 aliphatic carbocycles. The molecule has 0 N–H and O–H groups in total. The first-order valence-electron chi connectivity index (χ1n) is 9.09. The molecule has 0 atom stereocenters. The number of para-hydroxylation sites is 3. The Balaban J connectivity index is 1.97. The Morgan fingerprint density at radius 2 is 1.44 bits per heavy atom. The van der Waals surface area contributed by atoms with Crippen LogP contribution < -0.4 is 4.90 Å². The molecule has 134 valence electrons. The molecule has 0 saturated heterocycles. The summed E-state index contributed by atoms with van der Waals surface area (Å²) in [6.07, 6.45) is 0. The van der Waals surface area contributed by atoms with Crippen molar-refractivity contribution >= 4 is 33.3 Å². The van der Waals surface area contributed by atoms with Crippen LogP contribution in [0.3, 0.4) is 0 Å². The highest BCUT2D eigenvalue weighted by Crippen LogP contribution is 2.40. The molecule has 0 spiro atoms. The Bertz CT molecular complexity index is 1190. The van der Waals surface area contributed by atoms with Crippen LogP contribution in [0.15, 0.2) is 65.1 Å². The highest BCUT2D eigenvalue weighted by Gasteiger charge is 2.22. The third-order valence-corrected chi connectivity index (χ3v) is 5.06. The highest BCUT2D eigenvalue weighted by molar-refractivity contribution is 6.10. The fraction of sp³-hybridized carbons (Fsp3) is 0.208. The minimum Gasteiger partial charge on any atom is -0.452 e. The van der Waals surface area contributed by atoms with Crippen LogP contribution in [0, 0.1) is 11.3 Å². The molecule has 1 heterocycles. The average molecular weight is 354 g/mol. The fourth-order valence-corrected chi connectivity index (χ4v) is 3.69. The van der Waals surface area contributed by atoms with E-state index < -0.39 is 0 Å². The van der Waals surface area contributed by atoms with E-state index in [2.05, 4.69) is 75.2 Å². The Hall–Kier alpha value is -3.25. The van der Waals surface area contributed by atoms with E-state index in [1.165, 1.54) is 5.56 Å². The molecule has 27 heavy (non-hydrogen) atoms. The number of anilines is 2. The first kappa shape index (κ1) is 17.2. The summed E-state index contributed by atoms with van der Waals surface area (Å²) in [5.74, 6) is 0. The second kappa shape index (κ2) is 6.17. The summed E-state index contributed by atoms with van der Waals surface area (Å²) in [5.41, 5.74) is 5.47. The van der Waals surface area contributed by atoms with Gasteiger partial charge in [0.1, 0.15) is 6.07 Å². The topological polar surface area (TPSA) is 40.2 Å². The molecule has 0 aliphatic rings. The molecule has 0 unspecified atom stereocenters. The van der Waals surface area contributed by atoms with E-state index in [0.717, 1.165) is 27.7 Å². The standard InChI is InChI=1S/C24H22N2O/c1-24(2,3)19-12-5-6-13-20(19)26(4)21-14-8-11-18-17-10-7-9-16(15-25)22(17)27-23(18)21/h5-14H,1-4H3. The molecule has 0 amide bonds. The molecule has 0 bridgehead atoms. The van der Waals surface area contributed by atoms with Crippen LogP contribution in [0.4, 0.5) is 11.4 Å². The number of benzene rings is 3. The summed E-state index contributed by atoms with van der Waals surface area (Å²) in [6, 6.07) is 22.6. The first-order chi connectivity index (χ1) is 12.9. The van der Waals surface area contributed by atoms with Gasteiger partial charge in [-0.1, -0.05) is 63.2 Å². The molecular weight excluding hydrogens is 332 g/mol. The van der Waals surface area contributed by atoms with Gasteiger partial charge in [-0.05, 0) is 29.2 Å². The molecule has 0 fully saturated rings. The van der Waals surface area contributed by atoms with Crippen LogP contribution in [0.1, 0.15) is 31.9 Å². The van der Waals surface area contributed by atoms with Crippen LogP contribution in [-0.4, -0.2) is 7.05 Å². The smallest absolute Gasteiger partial charge is 0.159 e. The maximum atomic E-state index is 9.42. The van der Waals surface area contributed by atoms with Crippen molar-refractivity contribution in [2.75, 3.05) is 11.9 Å². The lowest BCUT2D eigenvalue weighted by Gasteiger charge is -2.29. The molecule has 3 heteroatoms. The molecular formula is C24H22N2O. The highest BCUT2D eigenvalue weighted by atomic mass is 16.3. The molecule has 0 saturated carbocycles. The molecule has 3 nitrogen and oxygen atoms in total. The Labute approximate surface area is 159 Å². The van der Waals surface area contributed by atoms with Gasteiger partial charge < -0.3 is 9.32 Å². The summed E-state index contributed by atoms with van der Waals surface area (Å²) in [7, 11) is 2.07. The third kappa shape index (κ3) is 2.74. The number of nitriles is 1. The van der Waals surface area contributed by atoms with Crippen molar-refractivity contribution in [2.24, 2.45) is 0 Å². The lowest BCUT2D eigenvalue weighted by molar-refractivity contribution is 0.590. The molecule has 4 aromatic rings. The van der Waals surface area contributed by atoms with E-state index in [1.807, 2.05) is 18.2 Å². The second-order valence-corrected chi connectivity index (χ2v) is 7.88. The number of rotatable bonds is 2.